The van der Waals surface area contributed by atoms with E-state index in [1.807, 2.05) is 27.7 Å². The van der Waals surface area contributed by atoms with Gasteiger partial charge < -0.3 is 74.0 Å². The zero-order valence-electron chi connectivity index (χ0n) is 50.9. The number of nitrogens with two attached hydrogens (primary N) is 3. The smallest absolute Gasteiger partial charge is 0.246 e. The maximum absolute atomic E-state index is 14.8. The second-order valence-corrected chi connectivity index (χ2v) is 24.5. The van der Waals surface area contributed by atoms with E-state index in [0.717, 1.165) is 0 Å². The van der Waals surface area contributed by atoms with Gasteiger partial charge in [-0.3, -0.25) is 62.3 Å². The Morgan fingerprint density at radius 1 is 0.452 bits per heavy atom. The van der Waals surface area contributed by atoms with Crippen molar-refractivity contribution >= 4 is 76.8 Å². The number of primary amides is 2. The van der Waals surface area contributed by atoms with Gasteiger partial charge in [-0.05, 0) is 121 Å². The van der Waals surface area contributed by atoms with Crippen molar-refractivity contribution in [3.8, 4) is 0 Å². The highest BCUT2D eigenvalue weighted by Gasteiger charge is 2.47. The molecule has 0 aromatic heterocycles. The molecule has 0 aromatic carbocycles. The first-order chi connectivity index (χ1) is 39.5. The third-order valence-corrected chi connectivity index (χ3v) is 15.9. The standard InChI is InChI=1S/C57H96N14O13/c1-30(2)27-38(55(82)69-24-14-20-42(69)51(78)67-46(33(7)8)52(79)61-34(9)47(60)74)65-50(77)41-19-15-25-70(41)57(84)43-21-16-26-71(43)56(83)39(28-31(3)4)66-49(76)40-18-13-23-68(40)54(81)36(17-11-12-22-58)63-48(75)37(29-44(59)73)64-53(80)45(32(5)6)62-35(10)72/h30-34,36-43,45-46H,11-29,58H2,1-10H3,(H2,59,73)(H2,60,74)(H,61,79)(H,62,72)(H,63,75)(H,64,80)(H,65,77)(H,66,76)(H,67,78)/t34-,36-,37-,38-,39-,40-,41-,42-,43-,45-,46-/m0/s1. The number of carbonyl (C=O) groups excluding carboxylic acids is 13. The lowest BCUT2D eigenvalue weighted by Crippen LogP contribution is -2.60. The molecule has 13 amide bonds. The van der Waals surface area contributed by atoms with Gasteiger partial charge in [0.05, 0.1) is 6.42 Å². The zero-order chi connectivity index (χ0) is 62.9. The van der Waals surface area contributed by atoms with Crippen LogP contribution in [0, 0.1) is 23.7 Å². The zero-order valence-corrected chi connectivity index (χ0v) is 50.9. The molecule has 27 heteroatoms. The molecule has 4 aliphatic rings. The Bertz CT molecular complexity index is 2400. The van der Waals surface area contributed by atoms with Crippen molar-refractivity contribution in [3.63, 3.8) is 0 Å². The summed E-state index contributed by atoms with van der Waals surface area (Å²) >= 11 is 0. The summed E-state index contributed by atoms with van der Waals surface area (Å²) in [4.78, 5) is 183. The highest BCUT2D eigenvalue weighted by molar-refractivity contribution is 6.00. The van der Waals surface area contributed by atoms with E-state index in [0.29, 0.717) is 44.9 Å². The molecule has 472 valence electrons. The van der Waals surface area contributed by atoms with E-state index in [1.54, 1.807) is 27.7 Å². The molecular formula is C57H96N14O13. The van der Waals surface area contributed by atoms with Crippen LogP contribution in [0.15, 0.2) is 0 Å². The number of nitrogens with one attached hydrogen (secondary N) is 7. The van der Waals surface area contributed by atoms with Crippen LogP contribution >= 0.6 is 0 Å². The van der Waals surface area contributed by atoms with Gasteiger partial charge in [0.15, 0.2) is 0 Å². The predicted octanol–water partition coefficient (Wildman–Crippen LogP) is -1.72. The first-order valence-electron chi connectivity index (χ1n) is 30.1. The van der Waals surface area contributed by atoms with Crippen LogP contribution in [0.1, 0.15) is 159 Å². The number of rotatable bonds is 30. The molecule has 4 saturated heterocycles. The van der Waals surface area contributed by atoms with Crippen molar-refractivity contribution in [3.05, 3.63) is 0 Å². The summed E-state index contributed by atoms with van der Waals surface area (Å²) in [5, 5.41) is 18.8. The van der Waals surface area contributed by atoms with Crippen LogP contribution in [-0.2, 0) is 62.3 Å². The lowest BCUT2D eigenvalue weighted by molar-refractivity contribution is -0.149. The van der Waals surface area contributed by atoms with Crippen LogP contribution in [0.3, 0.4) is 0 Å². The highest BCUT2D eigenvalue weighted by atomic mass is 16.2. The molecule has 0 bridgehead atoms. The SMILES string of the molecule is CC(=O)N[C@H](C(=O)N[C@@H](CC(N)=O)C(=O)N[C@@H](CCCCN)C(=O)N1CCC[C@H]1C(=O)N[C@@H](CC(C)C)C(=O)N1CCC[C@H]1C(=O)N1CCC[C@H]1C(=O)N[C@@H](CC(C)C)C(=O)N1CCC[C@H]1C(=O)N[C@H](C(=O)N[C@@H](C)C(N)=O)C(C)C)C(C)C. The number of nitrogens with zero attached hydrogens (tertiary/aromatic N) is 4. The lowest BCUT2D eigenvalue weighted by Gasteiger charge is -2.35. The maximum atomic E-state index is 14.8. The van der Waals surface area contributed by atoms with Crippen molar-refractivity contribution in [2.75, 3.05) is 32.7 Å². The van der Waals surface area contributed by atoms with Crippen molar-refractivity contribution in [2.45, 2.75) is 226 Å². The molecule has 0 aliphatic carbocycles. The molecule has 27 nitrogen and oxygen atoms in total. The molecule has 84 heavy (non-hydrogen) atoms. The predicted molar refractivity (Wildman–Crippen MR) is 308 cm³/mol. The minimum Gasteiger partial charge on any atom is -0.370 e. The van der Waals surface area contributed by atoms with Crippen LogP contribution in [0.2, 0.25) is 0 Å². The minimum atomic E-state index is -1.52. The third kappa shape index (κ3) is 19.3. The van der Waals surface area contributed by atoms with Gasteiger partial charge >= 0.3 is 0 Å². The van der Waals surface area contributed by atoms with Gasteiger partial charge in [-0.1, -0.05) is 55.4 Å². The van der Waals surface area contributed by atoms with E-state index in [1.165, 1.54) is 33.4 Å². The monoisotopic (exact) mass is 1180 g/mol. The van der Waals surface area contributed by atoms with Crippen LogP contribution in [0.5, 0.6) is 0 Å². The van der Waals surface area contributed by atoms with Crippen molar-refractivity contribution < 1.29 is 62.3 Å². The van der Waals surface area contributed by atoms with E-state index >= 15 is 0 Å². The van der Waals surface area contributed by atoms with E-state index in [2.05, 4.69) is 37.2 Å². The minimum absolute atomic E-state index is 0.0830. The Balaban J connectivity index is 1.49. The van der Waals surface area contributed by atoms with Crippen molar-refractivity contribution in [2.24, 2.45) is 40.9 Å². The van der Waals surface area contributed by atoms with Gasteiger partial charge in [0, 0.05) is 33.1 Å². The Hall–Kier alpha value is -6.93. The van der Waals surface area contributed by atoms with Gasteiger partial charge in [0.1, 0.15) is 66.5 Å². The molecule has 4 rings (SSSR count). The Labute approximate surface area is 493 Å². The summed E-state index contributed by atoms with van der Waals surface area (Å²) in [7, 11) is 0. The lowest BCUT2D eigenvalue weighted by atomic mass is 10.0. The molecule has 0 radical (unpaired) electrons. The quantitative estimate of drug-likeness (QED) is 0.0358. The molecule has 4 heterocycles. The fraction of sp³-hybridized carbons (Fsp3) is 0.772. The first kappa shape index (κ1) is 69.6. The average molecular weight is 1190 g/mol. The second kappa shape index (κ2) is 32.4. The average Bonchev–Trinajstić information content (AvgIpc) is 3.54. The van der Waals surface area contributed by atoms with Crippen LogP contribution in [0.25, 0.3) is 0 Å². The third-order valence-electron chi connectivity index (χ3n) is 15.9. The number of unbranched alkanes of at least 4 members (excludes halogenated alkanes) is 1. The van der Waals surface area contributed by atoms with Crippen LogP contribution in [0.4, 0.5) is 0 Å². The van der Waals surface area contributed by atoms with E-state index in [9.17, 15) is 62.3 Å². The van der Waals surface area contributed by atoms with Crippen molar-refractivity contribution in [1.29, 1.82) is 0 Å². The summed E-state index contributed by atoms with van der Waals surface area (Å²) in [6.07, 6.45) is 3.65. The van der Waals surface area contributed by atoms with E-state index in [-0.39, 0.29) is 89.0 Å². The fourth-order valence-electron chi connectivity index (χ4n) is 11.5. The molecule has 0 aromatic rings. The first-order valence-corrected chi connectivity index (χ1v) is 30.1. The summed E-state index contributed by atoms with van der Waals surface area (Å²) in [6, 6.07) is -12.0. The van der Waals surface area contributed by atoms with Gasteiger partial charge in [-0.15, -0.1) is 0 Å². The molecule has 0 spiro atoms. The topological polar surface area (TPSA) is 397 Å². The van der Waals surface area contributed by atoms with Crippen molar-refractivity contribution in [1.82, 2.24) is 56.8 Å². The highest BCUT2D eigenvalue weighted by Crippen LogP contribution is 2.29. The second-order valence-electron chi connectivity index (χ2n) is 24.5. The Kier molecular flexibility index (Phi) is 26.8. The molecule has 11 atom stereocenters. The molecular weight excluding hydrogens is 1090 g/mol. The molecule has 4 fully saturated rings. The van der Waals surface area contributed by atoms with Gasteiger partial charge in [0.2, 0.25) is 76.8 Å². The van der Waals surface area contributed by atoms with Crippen LogP contribution in [-0.4, -0.2) is 196 Å². The summed E-state index contributed by atoms with van der Waals surface area (Å²) in [5.74, 6) is -9.20. The van der Waals surface area contributed by atoms with E-state index in [4.69, 9.17) is 17.2 Å². The molecule has 4 aliphatic heterocycles. The van der Waals surface area contributed by atoms with Crippen LogP contribution < -0.4 is 54.4 Å². The molecule has 0 unspecified atom stereocenters. The van der Waals surface area contributed by atoms with E-state index < -0.39 is 156 Å². The fourth-order valence-corrected chi connectivity index (χ4v) is 11.5. The Morgan fingerprint density at radius 2 is 0.845 bits per heavy atom. The summed E-state index contributed by atoms with van der Waals surface area (Å²) < 4.78 is 0. The number of carbonyl (C=O) groups is 13. The number of likely N-dealkylation sites (tertiary alicyclic amines) is 4. The largest absolute Gasteiger partial charge is 0.370 e. The number of hydrogen-bond donors (Lipinski definition) is 10. The number of amides is 13. The maximum Gasteiger partial charge on any atom is 0.246 e. The molecule has 0 saturated carbocycles. The summed E-state index contributed by atoms with van der Waals surface area (Å²) in [6.45, 7) is 18.0. The Morgan fingerprint density at radius 3 is 1.27 bits per heavy atom. The van der Waals surface area contributed by atoms with Gasteiger partial charge in [0.25, 0.3) is 0 Å². The molecule has 13 N–H and O–H groups in total. The normalized spacial score (nSPS) is 21.3. The van der Waals surface area contributed by atoms with Gasteiger partial charge in [-0.25, -0.2) is 0 Å². The summed E-state index contributed by atoms with van der Waals surface area (Å²) in [5.41, 5.74) is 16.6. The number of hydrogen-bond acceptors (Lipinski definition) is 14. The van der Waals surface area contributed by atoms with Gasteiger partial charge in [-0.2, -0.15) is 0 Å².